The van der Waals surface area contributed by atoms with E-state index in [2.05, 4.69) is 33.1 Å². The van der Waals surface area contributed by atoms with Gasteiger partial charge in [0.15, 0.2) is 17.4 Å². The fourth-order valence-corrected chi connectivity index (χ4v) is 4.28. The molecule has 11 nitrogen and oxygen atoms in total. The number of hydrogen-bond donors (Lipinski definition) is 3. The number of rotatable bonds is 8. The second-order valence-electron chi connectivity index (χ2n) is 7.00. The van der Waals surface area contributed by atoms with Crippen LogP contribution in [0.3, 0.4) is 0 Å². The van der Waals surface area contributed by atoms with Crippen LogP contribution in [0.2, 0.25) is 0 Å². The lowest BCUT2D eigenvalue weighted by Crippen LogP contribution is -2.38. The lowest BCUT2D eigenvalue weighted by atomic mass is 10.1. The Morgan fingerprint density at radius 3 is 2.87 bits per heavy atom. The summed E-state index contributed by atoms with van der Waals surface area (Å²) in [5, 5.41) is 0. The number of H-pyrrole nitrogens is 1. The van der Waals surface area contributed by atoms with Crippen molar-refractivity contribution < 1.29 is 23.3 Å². The fraction of sp³-hybridized carbons (Fsp3) is 0.588. The van der Waals surface area contributed by atoms with Crippen LogP contribution in [-0.2, 0) is 23.3 Å². The van der Waals surface area contributed by atoms with Gasteiger partial charge in [-0.15, -0.1) is 6.42 Å². The van der Waals surface area contributed by atoms with E-state index < -0.39 is 36.7 Å². The van der Waals surface area contributed by atoms with Crippen LogP contribution in [0.25, 0.3) is 11.2 Å². The molecule has 164 valence electrons. The predicted octanol–water partition coefficient (Wildman–Crippen LogP) is 1.18. The Balaban J connectivity index is 2.06. The first-order valence-corrected chi connectivity index (χ1v) is 12.0. The number of anilines is 1. The Hall–Kier alpha value is -1.87. The maximum absolute atomic E-state index is 12.9. The third kappa shape index (κ3) is 4.42. The van der Waals surface area contributed by atoms with Gasteiger partial charge in [-0.2, -0.15) is 4.98 Å². The third-order valence-electron chi connectivity index (χ3n) is 4.63. The van der Waals surface area contributed by atoms with E-state index in [1.165, 1.54) is 18.0 Å². The summed E-state index contributed by atoms with van der Waals surface area (Å²) in [7, 11) is 1.50. The first kappa shape index (κ1) is 22.8. The summed E-state index contributed by atoms with van der Waals surface area (Å²) < 4.78 is 37.5. The number of nitrogens with zero attached hydrogens (tertiary/aromatic N) is 3. The molecule has 0 saturated carbocycles. The van der Waals surface area contributed by atoms with E-state index >= 15 is 0 Å². The number of imidazole rings is 1. The Morgan fingerprint density at radius 2 is 2.23 bits per heavy atom. The van der Waals surface area contributed by atoms with Gasteiger partial charge in [0.05, 0.1) is 12.9 Å². The number of nitrogens with two attached hydrogens (primary N) is 1. The van der Waals surface area contributed by atoms with Crippen molar-refractivity contribution in [1.82, 2.24) is 19.5 Å². The van der Waals surface area contributed by atoms with Crippen LogP contribution in [0.5, 0.6) is 0 Å². The van der Waals surface area contributed by atoms with Crippen molar-refractivity contribution >= 4 is 35.9 Å². The normalized spacial score (nSPS) is 26.1. The van der Waals surface area contributed by atoms with Gasteiger partial charge >= 0.3 is 0 Å². The van der Waals surface area contributed by atoms with Crippen LogP contribution in [0.1, 0.15) is 20.1 Å². The molecular formula is C17H24N5O6PS. The van der Waals surface area contributed by atoms with Crippen LogP contribution in [0, 0.1) is 12.3 Å². The molecular weight excluding hydrogens is 433 g/mol. The van der Waals surface area contributed by atoms with Crippen molar-refractivity contribution in [2.24, 2.45) is 0 Å². The molecule has 0 aromatic carbocycles. The Bertz CT molecular complexity index is 1050. The molecule has 1 unspecified atom stereocenters. The molecule has 0 amide bonds. The smallest absolute Gasteiger partial charge is 0.280 e. The van der Waals surface area contributed by atoms with E-state index in [0.29, 0.717) is 0 Å². The largest absolute Gasteiger partial charge is 0.382 e. The summed E-state index contributed by atoms with van der Waals surface area (Å²) in [4.78, 5) is 22.8. The van der Waals surface area contributed by atoms with Crippen molar-refractivity contribution in [1.29, 1.82) is 0 Å². The molecule has 0 aliphatic carbocycles. The van der Waals surface area contributed by atoms with Gasteiger partial charge in [0.1, 0.15) is 24.9 Å². The van der Waals surface area contributed by atoms with Gasteiger partial charge in [-0.05, 0) is 0 Å². The monoisotopic (exact) mass is 457 g/mol. The minimum absolute atomic E-state index is 0.0502. The van der Waals surface area contributed by atoms with Crippen LogP contribution < -0.4 is 11.3 Å². The molecule has 1 saturated heterocycles. The highest BCUT2D eigenvalue weighted by molar-refractivity contribution is 8.46. The number of nitrogens with one attached hydrogen (secondary N) is 1. The number of aromatic nitrogens is 4. The number of nitrogen functional groups attached to an aromatic ring is 1. The SMILES string of the molecule is C#CCO[C@H]1[C@@H](OP(=O)(S)C(C)C)[C@@H](COC)O[C@H]1n1cnc2c(=O)[nH]c(N)nc21. The summed E-state index contributed by atoms with van der Waals surface area (Å²) in [5.41, 5.74) is 5.14. The molecule has 0 spiro atoms. The van der Waals surface area contributed by atoms with Crippen LogP contribution >= 0.6 is 18.8 Å². The molecule has 1 aliphatic rings. The van der Waals surface area contributed by atoms with E-state index in [0.717, 1.165) is 0 Å². The standard InChI is InChI=1S/C17H24N5O6PS/c1-5-6-26-13-12(28-29(24,30)9(2)3)10(7-25-4)27-16(13)22-8-19-11-14(22)20-17(18)21-15(11)23/h1,8-10,12-13,16H,6-7H2,2-4H3,(H,24,30)(H3,18,20,21,23)/t10-,12+,13+,16-,29?/m1/s1. The molecule has 2 aromatic rings. The first-order chi connectivity index (χ1) is 14.2. The average Bonchev–Trinajstić information content (AvgIpc) is 3.22. The summed E-state index contributed by atoms with van der Waals surface area (Å²) in [6, 6.07) is 0. The molecule has 1 fully saturated rings. The number of hydrogen-bond acceptors (Lipinski definition) is 9. The molecule has 0 radical (unpaired) electrons. The van der Waals surface area contributed by atoms with Crippen LogP contribution in [-0.4, -0.2) is 63.8 Å². The third-order valence-corrected chi connectivity index (χ3v) is 8.14. The van der Waals surface area contributed by atoms with E-state index in [-0.39, 0.29) is 36.0 Å². The molecule has 2 aromatic heterocycles. The first-order valence-electron chi connectivity index (χ1n) is 9.12. The molecule has 13 heteroatoms. The average molecular weight is 457 g/mol. The predicted molar refractivity (Wildman–Crippen MR) is 114 cm³/mol. The zero-order chi connectivity index (χ0) is 22.1. The highest BCUT2D eigenvalue weighted by Crippen LogP contribution is 2.59. The maximum atomic E-state index is 12.9. The van der Waals surface area contributed by atoms with Gasteiger partial charge in [-0.3, -0.25) is 18.9 Å². The molecule has 30 heavy (non-hydrogen) atoms. The molecule has 1 aliphatic heterocycles. The van der Waals surface area contributed by atoms with Gasteiger partial charge < -0.3 is 24.5 Å². The van der Waals surface area contributed by atoms with Crippen molar-refractivity contribution in [3.63, 3.8) is 0 Å². The number of ether oxygens (including phenoxy) is 3. The van der Waals surface area contributed by atoms with Crippen molar-refractivity contribution in [3.8, 4) is 12.3 Å². The van der Waals surface area contributed by atoms with Gasteiger partial charge in [-0.1, -0.05) is 32.0 Å². The van der Waals surface area contributed by atoms with E-state index in [4.69, 9.17) is 30.9 Å². The number of terminal acetylenes is 1. The molecule has 3 rings (SSSR count). The van der Waals surface area contributed by atoms with Crippen molar-refractivity contribution in [2.45, 2.75) is 44.0 Å². The number of aromatic amines is 1. The number of thiol groups is 1. The van der Waals surface area contributed by atoms with Crippen LogP contribution in [0.4, 0.5) is 5.95 Å². The highest BCUT2D eigenvalue weighted by atomic mass is 32.7. The second-order valence-corrected chi connectivity index (χ2v) is 11.0. The zero-order valence-corrected chi connectivity index (χ0v) is 18.5. The maximum Gasteiger partial charge on any atom is 0.280 e. The van der Waals surface area contributed by atoms with Crippen molar-refractivity contribution in [3.05, 3.63) is 16.7 Å². The van der Waals surface area contributed by atoms with E-state index in [1.54, 1.807) is 13.8 Å². The van der Waals surface area contributed by atoms with Gasteiger partial charge in [-0.25, -0.2) is 4.98 Å². The van der Waals surface area contributed by atoms with Gasteiger partial charge in [0.25, 0.3) is 12.1 Å². The van der Waals surface area contributed by atoms with E-state index in [9.17, 15) is 9.36 Å². The van der Waals surface area contributed by atoms with E-state index in [1.807, 2.05) is 0 Å². The van der Waals surface area contributed by atoms with Crippen LogP contribution in [0.15, 0.2) is 11.1 Å². The van der Waals surface area contributed by atoms with Crippen molar-refractivity contribution in [2.75, 3.05) is 26.1 Å². The molecule has 5 atom stereocenters. The summed E-state index contributed by atoms with van der Waals surface area (Å²) in [5.74, 6) is 2.33. The summed E-state index contributed by atoms with van der Waals surface area (Å²) in [6.07, 6.45) is 3.64. The second kappa shape index (κ2) is 9.09. The van der Waals surface area contributed by atoms with Gasteiger partial charge in [0, 0.05) is 12.8 Å². The molecule has 3 N–H and O–H groups in total. The van der Waals surface area contributed by atoms with Gasteiger partial charge in [0.2, 0.25) is 5.95 Å². The number of methoxy groups -OCH3 is 1. The topological polar surface area (TPSA) is 144 Å². The Labute approximate surface area is 178 Å². The molecule has 3 heterocycles. The highest BCUT2D eigenvalue weighted by Gasteiger charge is 2.50. The Kier molecular flexibility index (Phi) is 6.91. The summed E-state index contributed by atoms with van der Waals surface area (Å²) >= 11 is 4.24. The summed E-state index contributed by atoms with van der Waals surface area (Å²) in [6.45, 7) is 0.265. The quantitative estimate of drug-likeness (QED) is 0.302. The Morgan fingerprint density at radius 1 is 1.50 bits per heavy atom. The molecule has 0 bridgehead atoms. The zero-order valence-electron chi connectivity index (χ0n) is 16.7. The lowest BCUT2D eigenvalue weighted by molar-refractivity contribution is -0.0670. The number of fused-ring (bicyclic) bond motifs is 1. The minimum Gasteiger partial charge on any atom is -0.382 e. The minimum atomic E-state index is -3.30. The fourth-order valence-electron chi connectivity index (χ4n) is 3.10. The lowest BCUT2D eigenvalue weighted by Gasteiger charge is -2.28.